The summed E-state index contributed by atoms with van der Waals surface area (Å²) in [6.07, 6.45) is 4.49. The molecule has 3 rings (SSSR count). The lowest BCUT2D eigenvalue weighted by atomic mass is 10.2. The highest BCUT2D eigenvalue weighted by Crippen LogP contribution is 2.23. The molecule has 0 spiro atoms. The molecule has 0 aliphatic carbocycles. The minimum Gasteiger partial charge on any atom is -0.328 e. The van der Waals surface area contributed by atoms with Crippen LogP contribution >= 0.6 is 0 Å². The van der Waals surface area contributed by atoms with Gasteiger partial charge in [-0.1, -0.05) is 0 Å². The Labute approximate surface area is 148 Å². The number of nitro benzene ring substituents is 1. The Balaban J connectivity index is 1.83. The molecule has 0 N–H and O–H groups in total. The Bertz CT molecular complexity index is 734. The largest absolute Gasteiger partial charge is 0.328 e. The molecule has 1 aliphatic rings. The number of aromatic nitrogens is 2. The maximum Gasteiger partial charge on any atom is 0.271 e. The molecule has 136 valence electrons. The van der Waals surface area contributed by atoms with Gasteiger partial charge in [0.05, 0.1) is 16.0 Å². The molecule has 0 saturated carbocycles. The Kier molecular flexibility index (Phi) is 5.65. The van der Waals surface area contributed by atoms with Gasteiger partial charge in [0.2, 0.25) is 0 Å². The van der Waals surface area contributed by atoms with Crippen LogP contribution in [0.2, 0.25) is 0 Å². The van der Waals surface area contributed by atoms with Crippen molar-refractivity contribution in [3.63, 3.8) is 0 Å². The van der Waals surface area contributed by atoms with Crippen LogP contribution in [-0.2, 0) is 13.0 Å². The number of hydrogen-bond acceptors (Lipinski definition) is 5. The minimum atomic E-state index is -0.353. The maximum absolute atomic E-state index is 11.0. The van der Waals surface area contributed by atoms with Crippen molar-refractivity contribution in [2.45, 2.75) is 32.2 Å². The van der Waals surface area contributed by atoms with E-state index in [2.05, 4.69) is 28.5 Å². The highest BCUT2D eigenvalue weighted by molar-refractivity contribution is 5.78. The standard InChI is InChI=1S/C18H27N5O2/c1-20(2)9-5-12-22-17-7-6-15(23(24)25)14-16(17)19-18(22)8-13-21-10-3-4-11-21/h6-7,14H,3-5,8-13H2,1-2H3. The van der Waals surface area contributed by atoms with Gasteiger partial charge in [-0.15, -0.1) is 0 Å². The summed E-state index contributed by atoms with van der Waals surface area (Å²) >= 11 is 0. The number of fused-ring (bicyclic) bond motifs is 1. The van der Waals surface area contributed by atoms with E-state index in [0.717, 1.165) is 49.3 Å². The van der Waals surface area contributed by atoms with E-state index in [1.54, 1.807) is 12.1 Å². The van der Waals surface area contributed by atoms with Gasteiger partial charge in [0.15, 0.2) is 0 Å². The first-order chi connectivity index (χ1) is 12.0. The van der Waals surface area contributed by atoms with Crippen LogP contribution in [0.15, 0.2) is 18.2 Å². The van der Waals surface area contributed by atoms with E-state index in [4.69, 9.17) is 4.98 Å². The topological polar surface area (TPSA) is 67.4 Å². The first-order valence-corrected chi connectivity index (χ1v) is 9.05. The summed E-state index contributed by atoms with van der Waals surface area (Å²) in [4.78, 5) is 20.1. The molecule has 2 heterocycles. The van der Waals surface area contributed by atoms with E-state index in [-0.39, 0.29) is 10.6 Å². The number of aryl methyl sites for hydroxylation is 1. The molecule has 1 fully saturated rings. The minimum absolute atomic E-state index is 0.108. The summed E-state index contributed by atoms with van der Waals surface area (Å²) in [5, 5.41) is 11.0. The Morgan fingerprint density at radius 3 is 2.68 bits per heavy atom. The molecule has 7 heteroatoms. The molecule has 0 bridgehead atoms. The highest BCUT2D eigenvalue weighted by atomic mass is 16.6. The Morgan fingerprint density at radius 2 is 2.00 bits per heavy atom. The molecule has 25 heavy (non-hydrogen) atoms. The van der Waals surface area contributed by atoms with Crippen molar-refractivity contribution in [2.24, 2.45) is 0 Å². The zero-order valence-electron chi connectivity index (χ0n) is 15.1. The van der Waals surface area contributed by atoms with E-state index in [0.29, 0.717) is 0 Å². The van der Waals surface area contributed by atoms with E-state index in [9.17, 15) is 10.1 Å². The predicted octanol–water partition coefficient (Wildman–Crippen LogP) is 2.53. The summed E-state index contributed by atoms with van der Waals surface area (Å²) in [7, 11) is 4.15. The number of hydrogen-bond donors (Lipinski definition) is 0. The molecule has 0 amide bonds. The van der Waals surface area contributed by atoms with Gasteiger partial charge in [-0.3, -0.25) is 10.1 Å². The zero-order chi connectivity index (χ0) is 17.8. The Morgan fingerprint density at radius 1 is 1.24 bits per heavy atom. The Hall–Kier alpha value is -1.99. The lowest BCUT2D eigenvalue weighted by molar-refractivity contribution is -0.384. The number of nitro groups is 1. The molecule has 1 saturated heterocycles. The average molecular weight is 345 g/mol. The van der Waals surface area contributed by atoms with Crippen molar-refractivity contribution in [1.82, 2.24) is 19.4 Å². The summed E-state index contributed by atoms with van der Waals surface area (Å²) in [6.45, 7) is 5.26. The van der Waals surface area contributed by atoms with Crippen LogP contribution < -0.4 is 0 Å². The second-order valence-electron chi connectivity index (χ2n) is 7.07. The molecular formula is C18H27N5O2. The van der Waals surface area contributed by atoms with Crippen molar-refractivity contribution in [1.29, 1.82) is 0 Å². The average Bonchev–Trinajstić information content (AvgIpc) is 3.20. The third-order valence-electron chi connectivity index (χ3n) is 4.86. The summed E-state index contributed by atoms with van der Waals surface area (Å²) in [5.74, 6) is 1.04. The number of benzene rings is 1. The van der Waals surface area contributed by atoms with Crippen molar-refractivity contribution >= 4 is 16.7 Å². The predicted molar refractivity (Wildman–Crippen MR) is 98.9 cm³/mol. The molecule has 1 aromatic heterocycles. The molecule has 1 aromatic carbocycles. The van der Waals surface area contributed by atoms with E-state index < -0.39 is 0 Å². The molecule has 1 aliphatic heterocycles. The number of imidazole rings is 1. The van der Waals surface area contributed by atoms with Gasteiger partial charge in [-0.2, -0.15) is 0 Å². The molecule has 0 atom stereocenters. The lowest BCUT2D eigenvalue weighted by Crippen LogP contribution is -2.23. The number of non-ortho nitro benzene ring substituents is 1. The third-order valence-corrected chi connectivity index (χ3v) is 4.86. The van der Waals surface area contributed by atoms with Gasteiger partial charge in [0, 0.05) is 31.6 Å². The quantitative estimate of drug-likeness (QED) is 0.543. The van der Waals surface area contributed by atoms with Crippen LogP contribution in [0.5, 0.6) is 0 Å². The van der Waals surface area contributed by atoms with E-state index in [1.165, 1.54) is 25.9 Å². The van der Waals surface area contributed by atoms with Crippen molar-refractivity contribution in [3.05, 3.63) is 34.1 Å². The zero-order valence-corrected chi connectivity index (χ0v) is 15.1. The SMILES string of the molecule is CN(C)CCCn1c(CCN2CCCC2)nc2cc([N+](=O)[O-])ccc21. The van der Waals surface area contributed by atoms with Crippen LogP contribution in [0, 0.1) is 10.1 Å². The first-order valence-electron chi connectivity index (χ1n) is 9.05. The fourth-order valence-electron chi connectivity index (χ4n) is 3.53. The summed E-state index contributed by atoms with van der Waals surface area (Å²) < 4.78 is 2.25. The molecule has 0 unspecified atom stereocenters. The van der Waals surface area contributed by atoms with Crippen molar-refractivity contribution in [3.8, 4) is 0 Å². The lowest BCUT2D eigenvalue weighted by Gasteiger charge is -2.16. The number of nitrogens with zero attached hydrogens (tertiary/aromatic N) is 5. The van der Waals surface area contributed by atoms with Crippen LogP contribution in [0.3, 0.4) is 0 Å². The second-order valence-corrected chi connectivity index (χ2v) is 7.07. The van der Waals surface area contributed by atoms with Gasteiger partial charge in [-0.05, 0) is 59.1 Å². The number of likely N-dealkylation sites (tertiary alicyclic amines) is 1. The second kappa shape index (κ2) is 7.93. The molecular weight excluding hydrogens is 318 g/mol. The fourth-order valence-corrected chi connectivity index (χ4v) is 3.53. The molecule has 2 aromatic rings. The van der Waals surface area contributed by atoms with Gasteiger partial charge in [-0.25, -0.2) is 4.98 Å². The van der Waals surface area contributed by atoms with Crippen LogP contribution in [0.1, 0.15) is 25.1 Å². The summed E-state index contributed by atoms with van der Waals surface area (Å²) in [5.41, 5.74) is 1.84. The first kappa shape index (κ1) is 17.8. The van der Waals surface area contributed by atoms with Crippen molar-refractivity contribution < 1.29 is 4.92 Å². The maximum atomic E-state index is 11.0. The highest BCUT2D eigenvalue weighted by Gasteiger charge is 2.17. The smallest absolute Gasteiger partial charge is 0.271 e. The normalized spacial score (nSPS) is 15.5. The monoisotopic (exact) mass is 345 g/mol. The van der Waals surface area contributed by atoms with Crippen LogP contribution in [0.4, 0.5) is 5.69 Å². The fraction of sp³-hybridized carbons (Fsp3) is 0.611. The van der Waals surface area contributed by atoms with Gasteiger partial charge in [0.25, 0.3) is 5.69 Å². The van der Waals surface area contributed by atoms with Gasteiger partial charge < -0.3 is 14.4 Å². The molecule has 0 radical (unpaired) electrons. The van der Waals surface area contributed by atoms with Gasteiger partial charge >= 0.3 is 0 Å². The van der Waals surface area contributed by atoms with E-state index >= 15 is 0 Å². The van der Waals surface area contributed by atoms with Crippen molar-refractivity contribution in [2.75, 3.05) is 40.3 Å². The third kappa shape index (κ3) is 4.35. The van der Waals surface area contributed by atoms with E-state index in [1.807, 2.05) is 6.07 Å². The number of rotatable bonds is 8. The summed E-state index contributed by atoms with van der Waals surface area (Å²) in [6, 6.07) is 5.02. The van der Waals surface area contributed by atoms with Crippen LogP contribution in [-0.4, -0.2) is 64.5 Å². The van der Waals surface area contributed by atoms with Crippen LogP contribution in [0.25, 0.3) is 11.0 Å². The van der Waals surface area contributed by atoms with Gasteiger partial charge in [0.1, 0.15) is 5.82 Å². The molecule has 7 nitrogen and oxygen atoms in total.